The third kappa shape index (κ3) is 4.21. The van der Waals surface area contributed by atoms with Crippen LogP contribution < -0.4 is 11.1 Å². The van der Waals surface area contributed by atoms with E-state index in [1.807, 2.05) is 24.3 Å². The number of hydrogen-bond acceptors (Lipinski definition) is 4. The highest BCUT2D eigenvalue weighted by Crippen LogP contribution is 2.30. The molecule has 0 unspecified atom stereocenters. The average molecular weight is 497 g/mol. The van der Waals surface area contributed by atoms with E-state index < -0.39 is 23.1 Å². The maximum atomic E-state index is 13.2. The summed E-state index contributed by atoms with van der Waals surface area (Å²) in [6.45, 7) is 2.13. The Morgan fingerprint density at radius 1 is 1.03 bits per heavy atom. The van der Waals surface area contributed by atoms with Crippen LogP contribution >= 0.6 is 0 Å². The highest BCUT2D eigenvalue weighted by molar-refractivity contribution is 5.92. The Balaban J connectivity index is 1.40. The van der Waals surface area contributed by atoms with E-state index in [1.54, 1.807) is 4.57 Å². The largest absolute Gasteiger partial charge is 0.416 e. The molecule has 0 aliphatic carbocycles. The quantitative estimate of drug-likeness (QED) is 0.467. The molecule has 1 saturated heterocycles. The fourth-order valence-electron chi connectivity index (χ4n) is 4.68. The molecular formula is C25H22F3N5O3. The Hall–Kier alpha value is -4.15. The molecule has 2 aromatic heterocycles. The Bertz CT molecular complexity index is 1580. The van der Waals surface area contributed by atoms with Gasteiger partial charge in [-0.15, -0.1) is 0 Å². The number of imidazole rings is 1. The number of piperidine rings is 1. The van der Waals surface area contributed by atoms with Crippen molar-refractivity contribution >= 4 is 16.9 Å². The van der Waals surface area contributed by atoms with Crippen LogP contribution in [0, 0.1) is 6.92 Å². The summed E-state index contributed by atoms with van der Waals surface area (Å²) in [7, 11) is 0. The molecule has 1 aliphatic rings. The van der Waals surface area contributed by atoms with Crippen molar-refractivity contribution in [2.75, 3.05) is 13.1 Å². The van der Waals surface area contributed by atoms with Gasteiger partial charge in [0.05, 0.1) is 22.3 Å². The van der Waals surface area contributed by atoms with Crippen molar-refractivity contribution in [2.45, 2.75) is 32.0 Å². The molecular weight excluding hydrogens is 475 g/mol. The standard InChI is InChI=1S/C25H22F3N5O3/c1-15-13-21(34)22(30-33(15)18-6-4-5-16(14-18)25(26,27)28)23(35)31-11-9-17(10-12-31)32-20-8-3-2-7-19(20)29-24(32)36/h2-8,13-14,17H,9-12H2,1H3,(H,29,36). The Morgan fingerprint density at radius 2 is 1.75 bits per heavy atom. The number of likely N-dealkylation sites (tertiary alicyclic amines) is 1. The van der Waals surface area contributed by atoms with E-state index in [1.165, 1.54) is 34.7 Å². The van der Waals surface area contributed by atoms with Gasteiger partial charge < -0.3 is 9.88 Å². The van der Waals surface area contributed by atoms with Gasteiger partial charge in [-0.05, 0) is 50.1 Å². The summed E-state index contributed by atoms with van der Waals surface area (Å²) in [6.07, 6.45) is -3.54. The third-order valence-corrected chi connectivity index (χ3v) is 6.47. The first-order valence-corrected chi connectivity index (χ1v) is 11.4. The molecule has 1 aliphatic heterocycles. The zero-order valence-electron chi connectivity index (χ0n) is 19.2. The molecule has 4 aromatic rings. The highest BCUT2D eigenvalue weighted by atomic mass is 19.4. The topological polar surface area (TPSA) is 93.0 Å². The molecule has 1 fully saturated rings. The van der Waals surface area contributed by atoms with Gasteiger partial charge in [0, 0.05) is 30.9 Å². The van der Waals surface area contributed by atoms with E-state index >= 15 is 0 Å². The Labute approximate surface area is 202 Å². The Kier molecular flexibility index (Phi) is 5.77. The van der Waals surface area contributed by atoms with E-state index in [-0.39, 0.29) is 23.1 Å². The second-order valence-electron chi connectivity index (χ2n) is 8.80. The normalized spacial score (nSPS) is 14.9. The number of alkyl halides is 3. The molecule has 0 bridgehead atoms. The lowest BCUT2D eigenvalue weighted by Gasteiger charge is -2.32. The predicted molar refractivity (Wildman–Crippen MR) is 126 cm³/mol. The number of benzene rings is 2. The van der Waals surface area contributed by atoms with Gasteiger partial charge in [0.1, 0.15) is 0 Å². The molecule has 186 valence electrons. The number of hydrogen-bond donors (Lipinski definition) is 1. The van der Waals surface area contributed by atoms with E-state index in [4.69, 9.17) is 0 Å². The van der Waals surface area contributed by atoms with E-state index in [9.17, 15) is 27.6 Å². The van der Waals surface area contributed by atoms with Crippen LogP contribution in [0.15, 0.2) is 64.2 Å². The predicted octanol–water partition coefficient (Wildman–Crippen LogP) is 3.68. The third-order valence-electron chi connectivity index (χ3n) is 6.47. The van der Waals surface area contributed by atoms with Crippen molar-refractivity contribution in [1.29, 1.82) is 0 Å². The summed E-state index contributed by atoms with van der Waals surface area (Å²) in [4.78, 5) is 42.7. The SMILES string of the molecule is Cc1cc(=O)c(C(=O)N2CCC(n3c(=O)[nH]c4ccccc43)CC2)nn1-c1cccc(C(F)(F)F)c1. The van der Waals surface area contributed by atoms with Crippen LogP contribution in [-0.4, -0.2) is 43.2 Å². The summed E-state index contributed by atoms with van der Waals surface area (Å²) in [5.41, 5.74) is -0.123. The second-order valence-corrected chi connectivity index (χ2v) is 8.80. The van der Waals surface area contributed by atoms with Crippen LogP contribution in [0.2, 0.25) is 0 Å². The van der Waals surface area contributed by atoms with Gasteiger partial charge in [0.15, 0.2) is 5.69 Å². The van der Waals surface area contributed by atoms with Crippen LogP contribution in [0.3, 0.4) is 0 Å². The summed E-state index contributed by atoms with van der Waals surface area (Å²) in [5.74, 6) is -0.592. The number of halogens is 3. The number of aryl methyl sites for hydroxylation is 1. The molecule has 5 rings (SSSR count). The van der Waals surface area contributed by atoms with Crippen molar-refractivity contribution in [3.05, 3.63) is 92.3 Å². The number of amides is 1. The second kappa shape index (κ2) is 8.81. The number of aromatic nitrogens is 4. The number of carbonyl (C=O) groups excluding carboxylic acids is 1. The first-order valence-electron chi connectivity index (χ1n) is 11.4. The van der Waals surface area contributed by atoms with Crippen LogP contribution in [0.25, 0.3) is 16.7 Å². The summed E-state index contributed by atoms with van der Waals surface area (Å²) in [5, 5.41) is 4.15. The summed E-state index contributed by atoms with van der Waals surface area (Å²) in [6, 6.07) is 13.0. The molecule has 3 heterocycles. The molecule has 1 amide bonds. The van der Waals surface area contributed by atoms with Crippen molar-refractivity contribution in [3.8, 4) is 5.69 Å². The zero-order chi connectivity index (χ0) is 25.6. The molecule has 0 radical (unpaired) electrons. The lowest BCUT2D eigenvalue weighted by atomic mass is 10.0. The lowest BCUT2D eigenvalue weighted by Crippen LogP contribution is -2.42. The van der Waals surface area contributed by atoms with E-state index in [2.05, 4.69) is 10.1 Å². The van der Waals surface area contributed by atoms with Gasteiger partial charge in [-0.2, -0.15) is 18.3 Å². The monoisotopic (exact) mass is 497 g/mol. The van der Waals surface area contributed by atoms with Crippen LogP contribution in [0.5, 0.6) is 0 Å². The molecule has 8 nitrogen and oxygen atoms in total. The molecule has 0 atom stereocenters. The molecule has 2 aromatic carbocycles. The molecule has 0 saturated carbocycles. The minimum absolute atomic E-state index is 0.0915. The number of H-pyrrole nitrogens is 1. The lowest BCUT2D eigenvalue weighted by molar-refractivity contribution is -0.137. The minimum Gasteiger partial charge on any atom is -0.337 e. The summed E-state index contributed by atoms with van der Waals surface area (Å²) >= 11 is 0. The number of carbonyl (C=O) groups is 1. The molecule has 0 spiro atoms. The zero-order valence-corrected chi connectivity index (χ0v) is 19.2. The number of fused-ring (bicyclic) bond motifs is 1. The van der Waals surface area contributed by atoms with Crippen LogP contribution in [-0.2, 0) is 6.18 Å². The highest BCUT2D eigenvalue weighted by Gasteiger charge is 2.31. The first kappa shape index (κ1) is 23.6. The van der Waals surface area contributed by atoms with Crippen LogP contribution in [0.1, 0.15) is 40.6 Å². The van der Waals surface area contributed by atoms with Gasteiger partial charge in [0.25, 0.3) is 5.91 Å². The van der Waals surface area contributed by atoms with Crippen molar-refractivity contribution < 1.29 is 18.0 Å². The smallest absolute Gasteiger partial charge is 0.337 e. The fourth-order valence-corrected chi connectivity index (χ4v) is 4.68. The van der Waals surface area contributed by atoms with Crippen molar-refractivity contribution in [2.24, 2.45) is 0 Å². The molecule has 36 heavy (non-hydrogen) atoms. The van der Waals surface area contributed by atoms with Crippen molar-refractivity contribution in [3.63, 3.8) is 0 Å². The fraction of sp³-hybridized carbons (Fsp3) is 0.280. The van der Waals surface area contributed by atoms with E-state index in [0.717, 1.165) is 23.2 Å². The van der Waals surface area contributed by atoms with Gasteiger partial charge in [-0.25, -0.2) is 9.48 Å². The maximum absolute atomic E-state index is 13.2. The molecule has 1 N–H and O–H groups in total. The average Bonchev–Trinajstić information content (AvgIpc) is 3.19. The number of nitrogens with zero attached hydrogens (tertiary/aromatic N) is 4. The van der Waals surface area contributed by atoms with E-state index in [0.29, 0.717) is 31.6 Å². The number of para-hydroxylation sites is 2. The minimum atomic E-state index is -4.54. The molecule has 11 heteroatoms. The number of rotatable bonds is 3. The van der Waals surface area contributed by atoms with Crippen molar-refractivity contribution in [1.82, 2.24) is 24.2 Å². The summed E-state index contributed by atoms with van der Waals surface area (Å²) < 4.78 is 42.4. The number of aromatic amines is 1. The van der Waals surface area contributed by atoms with Gasteiger partial charge >= 0.3 is 11.9 Å². The van der Waals surface area contributed by atoms with Gasteiger partial charge in [-0.1, -0.05) is 18.2 Å². The Morgan fingerprint density at radius 3 is 2.47 bits per heavy atom. The number of nitrogens with one attached hydrogen (secondary N) is 1. The first-order chi connectivity index (χ1) is 17.1. The maximum Gasteiger partial charge on any atom is 0.416 e. The van der Waals surface area contributed by atoms with Crippen LogP contribution in [0.4, 0.5) is 13.2 Å². The van der Waals surface area contributed by atoms with Gasteiger partial charge in [0.2, 0.25) is 5.43 Å². The van der Waals surface area contributed by atoms with Gasteiger partial charge in [-0.3, -0.25) is 14.2 Å².